The van der Waals surface area contributed by atoms with Gasteiger partial charge in [0.05, 0.1) is 40.4 Å². The molecule has 8 heteroatoms. The predicted octanol–water partition coefficient (Wildman–Crippen LogP) is 2.56. The van der Waals surface area contributed by atoms with Crippen LogP contribution in [-0.4, -0.2) is 30.5 Å². The first-order valence-corrected chi connectivity index (χ1v) is 9.68. The van der Waals surface area contributed by atoms with Crippen LogP contribution in [0.3, 0.4) is 0 Å². The molecule has 2 N–H and O–H groups in total. The molecule has 0 spiro atoms. The van der Waals surface area contributed by atoms with Crippen LogP contribution < -0.4 is 10.6 Å². The summed E-state index contributed by atoms with van der Waals surface area (Å²) >= 11 is 0. The topological polar surface area (TPSA) is 88.0 Å². The van der Waals surface area contributed by atoms with Crippen molar-refractivity contribution in [1.82, 2.24) is 19.2 Å². The minimum Gasteiger partial charge on any atom is -0.496 e. The van der Waals surface area contributed by atoms with E-state index in [0.29, 0.717) is 16.4 Å². The van der Waals surface area contributed by atoms with E-state index in [-0.39, 0.29) is 5.75 Å². The third-order valence-corrected chi connectivity index (χ3v) is 5.72. The minimum atomic E-state index is -1.44. The fraction of sp³-hybridized carbons (Fsp3) is 0.158. The smallest absolute Gasteiger partial charge is 0.219 e. The van der Waals surface area contributed by atoms with E-state index >= 15 is 0 Å². The second-order valence-electron chi connectivity index (χ2n) is 6.10. The highest BCUT2D eigenvalue weighted by Crippen LogP contribution is 2.24. The van der Waals surface area contributed by atoms with Gasteiger partial charge in [-0.1, -0.05) is 0 Å². The van der Waals surface area contributed by atoms with E-state index in [1.54, 1.807) is 19.4 Å². The molecule has 0 saturated heterocycles. The molecule has 3 aromatic heterocycles. The van der Waals surface area contributed by atoms with E-state index in [2.05, 4.69) is 9.97 Å². The van der Waals surface area contributed by atoms with Crippen molar-refractivity contribution < 1.29 is 8.95 Å². The Morgan fingerprint density at radius 3 is 2.74 bits per heavy atom. The molecule has 0 fully saturated rings. The molecule has 7 nitrogen and oxygen atoms in total. The molecule has 0 saturated carbocycles. The fourth-order valence-electron chi connectivity index (χ4n) is 3.01. The number of rotatable bonds is 5. The summed E-state index contributed by atoms with van der Waals surface area (Å²) in [5.74, 6) is 7.10. The monoisotopic (exact) mass is 381 g/mol. The molecule has 4 aromatic rings. The average molecular weight is 381 g/mol. The molecule has 0 amide bonds. The molecule has 0 bridgehead atoms. The van der Waals surface area contributed by atoms with Gasteiger partial charge in [0, 0.05) is 29.8 Å². The number of aromatic nitrogens is 4. The highest BCUT2D eigenvalue weighted by atomic mass is 32.2. The lowest BCUT2D eigenvalue weighted by atomic mass is 10.2. The Kier molecular flexibility index (Phi) is 4.41. The lowest BCUT2D eigenvalue weighted by molar-refractivity contribution is 0.410. The molecular formula is C19H19N5O2S. The maximum atomic E-state index is 12.9. The van der Waals surface area contributed by atoms with E-state index < -0.39 is 10.8 Å². The van der Waals surface area contributed by atoms with Gasteiger partial charge in [0.1, 0.15) is 5.75 Å². The van der Waals surface area contributed by atoms with E-state index in [1.165, 1.54) is 4.68 Å². The van der Waals surface area contributed by atoms with E-state index in [9.17, 15) is 4.21 Å². The zero-order chi connectivity index (χ0) is 19.0. The SMILES string of the molecule is COc1ccnc(CS(=O)c2nc3cc(-n4cccc4)ccc3n2N)c1C. The van der Waals surface area contributed by atoms with Crippen molar-refractivity contribution in [2.45, 2.75) is 17.8 Å². The highest BCUT2D eigenvalue weighted by molar-refractivity contribution is 7.84. The lowest BCUT2D eigenvalue weighted by Crippen LogP contribution is -2.15. The van der Waals surface area contributed by atoms with Gasteiger partial charge < -0.3 is 15.1 Å². The maximum absolute atomic E-state index is 12.9. The fourth-order valence-corrected chi connectivity index (χ4v) is 4.19. The van der Waals surface area contributed by atoms with Crippen molar-refractivity contribution >= 4 is 21.8 Å². The van der Waals surface area contributed by atoms with Crippen LogP contribution in [-0.2, 0) is 16.6 Å². The van der Waals surface area contributed by atoms with Crippen molar-refractivity contribution in [2.75, 3.05) is 13.0 Å². The number of fused-ring (bicyclic) bond motifs is 1. The molecule has 3 heterocycles. The third-order valence-electron chi connectivity index (χ3n) is 4.49. The molecule has 1 aromatic carbocycles. The second kappa shape index (κ2) is 6.88. The first kappa shape index (κ1) is 17.3. The molecule has 0 aliphatic rings. The Bertz CT molecular complexity index is 1130. The summed E-state index contributed by atoms with van der Waals surface area (Å²) < 4.78 is 21.6. The highest BCUT2D eigenvalue weighted by Gasteiger charge is 2.18. The number of imidazole rings is 1. The minimum absolute atomic E-state index is 0.216. The maximum Gasteiger partial charge on any atom is 0.219 e. The summed E-state index contributed by atoms with van der Waals surface area (Å²) in [5.41, 5.74) is 3.95. The van der Waals surface area contributed by atoms with Gasteiger partial charge in [0.25, 0.3) is 0 Å². The van der Waals surface area contributed by atoms with Crippen LogP contribution in [0, 0.1) is 6.92 Å². The van der Waals surface area contributed by atoms with Crippen LogP contribution in [0.15, 0.2) is 60.1 Å². The Labute approximate surface area is 158 Å². The Morgan fingerprint density at radius 2 is 2.00 bits per heavy atom. The average Bonchev–Trinajstić information content (AvgIpc) is 3.31. The molecule has 0 radical (unpaired) electrons. The van der Waals surface area contributed by atoms with Gasteiger partial charge in [-0.05, 0) is 43.3 Å². The number of methoxy groups -OCH3 is 1. The van der Waals surface area contributed by atoms with Crippen LogP contribution >= 0.6 is 0 Å². The number of pyridine rings is 1. The first-order valence-electron chi connectivity index (χ1n) is 8.36. The summed E-state index contributed by atoms with van der Waals surface area (Å²) in [4.78, 5) is 8.85. The summed E-state index contributed by atoms with van der Waals surface area (Å²) in [6.45, 7) is 1.90. The molecular weight excluding hydrogens is 362 g/mol. The molecule has 1 unspecified atom stereocenters. The summed E-state index contributed by atoms with van der Waals surface area (Å²) in [6.07, 6.45) is 5.56. The number of ether oxygens (including phenoxy) is 1. The van der Waals surface area contributed by atoms with E-state index in [1.807, 2.05) is 54.2 Å². The van der Waals surface area contributed by atoms with Crippen molar-refractivity contribution in [3.8, 4) is 11.4 Å². The van der Waals surface area contributed by atoms with Crippen molar-refractivity contribution in [3.63, 3.8) is 0 Å². The lowest BCUT2D eigenvalue weighted by Gasteiger charge is -2.09. The molecule has 0 aliphatic carbocycles. The number of hydrogen-bond donors (Lipinski definition) is 1. The Morgan fingerprint density at radius 1 is 1.22 bits per heavy atom. The van der Waals surface area contributed by atoms with Crippen LogP contribution in [0.5, 0.6) is 5.75 Å². The van der Waals surface area contributed by atoms with Gasteiger partial charge >= 0.3 is 0 Å². The van der Waals surface area contributed by atoms with Crippen LogP contribution in [0.2, 0.25) is 0 Å². The summed E-state index contributed by atoms with van der Waals surface area (Å²) in [5, 5.41) is 0.318. The summed E-state index contributed by atoms with van der Waals surface area (Å²) in [7, 11) is 0.161. The molecule has 1 atom stereocenters. The van der Waals surface area contributed by atoms with Gasteiger partial charge in [-0.25, -0.2) is 9.66 Å². The number of nitrogen functional groups attached to an aromatic ring is 1. The molecule has 27 heavy (non-hydrogen) atoms. The van der Waals surface area contributed by atoms with Crippen LogP contribution in [0.25, 0.3) is 16.7 Å². The second-order valence-corrected chi connectivity index (χ2v) is 7.45. The zero-order valence-electron chi connectivity index (χ0n) is 15.0. The zero-order valence-corrected chi connectivity index (χ0v) is 15.8. The first-order chi connectivity index (χ1) is 13.1. The van der Waals surface area contributed by atoms with Gasteiger partial charge in [-0.2, -0.15) is 0 Å². The number of benzene rings is 1. The summed E-state index contributed by atoms with van der Waals surface area (Å²) in [6, 6.07) is 11.4. The van der Waals surface area contributed by atoms with Crippen molar-refractivity contribution in [2.24, 2.45) is 0 Å². The van der Waals surface area contributed by atoms with Crippen molar-refractivity contribution in [1.29, 1.82) is 0 Å². The Hall–Kier alpha value is -3.13. The molecule has 4 rings (SSSR count). The van der Waals surface area contributed by atoms with Crippen molar-refractivity contribution in [3.05, 3.63) is 66.2 Å². The largest absolute Gasteiger partial charge is 0.496 e. The number of hydrogen-bond acceptors (Lipinski definition) is 5. The number of nitrogens with two attached hydrogens (primary N) is 1. The van der Waals surface area contributed by atoms with Gasteiger partial charge in [-0.3, -0.25) is 9.19 Å². The quantitative estimate of drug-likeness (QED) is 0.537. The Balaban J connectivity index is 1.69. The van der Waals surface area contributed by atoms with E-state index in [4.69, 9.17) is 10.6 Å². The van der Waals surface area contributed by atoms with Crippen LogP contribution in [0.4, 0.5) is 0 Å². The normalized spacial score (nSPS) is 12.4. The van der Waals surface area contributed by atoms with Gasteiger partial charge in [-0.15, -0.1) is 0 Å². The van der Waals surface area contributed by atoms with Gasteiger partial charge in [0.2, 0.25) is 5.16 Å². The standard InChI is InChI=1S/C19H19N5O2S/c1-13-16(21-8-7-18(13)26-2)12-27(25)19-22-15-11-14(23-9-3-4-10-23)5-6-17(15)24(19)20/h3-11H,12,20H2,1-2H3. The predicted molar refractivity (Wildman–Crippen MR) is 105 cm³/mol. The van der Waals surface area contributed by atoms with E-state index in [0.717, 1.165) is 22.5 Å². The molecule has 138 valence electrons. The molecule has 0 aliphatic heterocycles. The van der Waals surface area contributed by atoms with Crippen LogP contribution in [0.1, 0.15) is 11.3 Å². The van der Waals surface area contributed by atoms with Gasteiger partial charge in [0.15, 0.2) is 0 Å². The number of nitrogens with zero attached hydrogens (tertiary/aromatic N) is 4. The third kappa shape index (κ3) is 3.08.